The van der Waals surface area contributed by atoms with Crippen LogP contribution in [-0.4, -0.2) is 76.4 Å². The molecule has 0 unspecified atom stereocenters. The zero-order chi connectivity index (χ0) is 24.3. The number of hydrogen-bond acceptors (Lipinski definition) is 5. The highest BCUT2D eigenvalue weighted by atomic mass is 16.3. The molecule has 0 bridgehead atoms. The molecule has 1 atom stereocenters. The number of likely N-dealkylation sites (tertiary alicyclic amines) is 1. The monoisotopic (exact) mass is 468 g/mol. The molecule has 0 spiro atoms. The zero-order valence-corrected chi connectivity index (χ0v) is 19.6. The number of amides is 4. The van der Waals surface area contributed by atoms with E-state index in [2.05, 4.69) is 16.1 Å². The van der Waals surface area contributed by atoms with Gasteiger partial charge in [-0.15, -0.1) is 0 Å². The topological polar surface area (TPSA) is 119 Å². The van der Waals surface area contributed by atoms with Gasteiger partial charge in [-0.2, -0.15) is 0 Å². The van der Waals surface area contributed by atoms with Gasteiger partial charge in [0, 0.05) is 26.6 Å². The van der Waals surface area contributed by atoms with Crippen LogP contribution in [0.25, 0.3) is 0 Å². The standard InChI is InChI=1S/C24H32N6O4/c1-17(18-6-4-3-5-7-18)12-21(31)28-10-8-24(34,9-11-28)15-29-16-26-30-14-19(27-23(33)25-2)13-20(30)22(29)32/h3-7,13-14,17,26,34H,8-12,15-16H2,1-2H3,(H2,25,27,33)/t17-/m1/s1. The molecule has 3 heterocycles. The number of aliphatic hydroxyl groups is 1. The predicted octanol–water partition coefficient (Wildman–Crippen LogP) is 1.74. The van der Waals surface area contributed by atoms with E-state index in [1.54, 1.807) is 21.8 Å². The van der Waals surface area contributed by atoms with Crippen LogP contribution in [-0.2, 0) is 4.79 Å². The molecule has 10 heteroatoms. The van der Waals surface area contributed by atoms with E-state index >= 15 is 0 Å². The number of nitrogens with zero attached hydrogens (tertiary/aromatic N) is 3. The molecular weight excluding hydrogens is 436 g/mol. The highest BCUT2D eigenvalue weighted by Gasteiger charge is 2.38. The fourth-order valence-corrected chi connectivity index (χ4v) is 4.52. The average molecular weight is 469 g/mol. The van der Waals surface area contributed by atoms with Gasteiger partial charge in [-0.05, 0) is 30.4 Å². The lowest BCUT2D eigenvalue weighted by atomic mass is 9.89. The fraction of sp³-hybridized carbons (Fsp3) is 0.458. The van der Waals surface area contributed by atoms with Crippen molar-refractivity contribution >= 4 is 23.5 Å². The van der Waals surface area contributed by atoms with Gasteiger partial charge in [0.1, 0.15) is 12.4 Å². The summed E-state index contributed by atoms with van der Waals surface area (Å²) in [6.45, 7) is 3.38. The van der Waals surface area contributed by atoms with Gasteiger partial charge in [0.2, 0.25) is 5.91 Å². The summed E-state index contributed by atoms with van der Waals surface area (Å²) in [4.78, 5) is 40.7. The number of carbonyl (C=O) groups is 3. The molecular formula is C24H32N6O4. The van der Waals surface area contributed by atoms with Crippen molar-refractivity contribution in [3.63, 3.8) is 0 Å². The Bertz CT molecular complexity index is 1040. The van der Waals surface area contributed by atoms with Crippen molar-refractivity contribution in [2.24, 2.45) is 0 Å². The quantitative estimate of drug-likeness (QED) is 0.515. The van der Waals surface area contributed by atoms with Crippen LogP contribution in [0.1, 0.15) is 48.2 Å². The Kier molecular flexibility index (Phi) is 6.78. The van der Waals surface area contributed by atoms with Crippen LogP contribution >= 0.6 is 0 Å². The maximum Gasteiger partial charge on any atom is 0.319 e. The van der Waals surface area contributed by atoms with Crippen LogP contribution in [0.4, 0.5) is 10.5 Å². The third-order valence-corrected chi connectivity index (χ3v) is 6.62. The van der Waals surface area contributed by atoms with Crippen molar-refractivity contribution in [2.45, 2.75) is 37.7 Å². The normalized spacial score (nSPS) is 18.0. The zero-order valence-electron chi connectivity index (χ0n) is 19.6. The first-order valence-corrected chi connectivity index (χ1v) is 11.6. The van der Waals surface area contributed by atoms with Crippen LogP contribution in [0, 0.1) is 0 Å². The van der Waals surface area contributed by atoms with Crippen LogP contribution in [0.5, 0.6) is 0 Å². The molecule has 1 fully saturated rings. The minimum absolute atomic E-state index is 0.0862. The van der Waals surface area contributed by atoms with E-state index in [0.29, 0.717) is 43.7 Å². The third-order valence-electron chi connectivity index (χ3n) is 6.62. The molecule has 34 heavy (non-hydrogen) atoms. The summed E-state index contributed by atoms with van der Waals surface area (Å²) in [5, 5.41) is 16.3. The lowest BCUT2D eigenvalue weighted by molar-refractivity contribution is -0.136. The number of hydrogen-bond donors (Lipinski definition) is 4. The molecule has 4 N–H and O–H groups in total. The molecule has 2 aromatic rings. The summed E-state index contributed by atoms with van der Waals surface area (Å²) in [6, 6.07) is 11.2. The first-order chi connectivity index (χ1) is 16.3. The Labute approximate surface area is 198 Å². The largest absolute Gasteiger partial charge is 0.388 e. The fourth-order valence-electron chi connectivity index (χ4n) is 4.52. The average Bonchev–Trinajstić information content (AvgIpc) is 3.25. The minimum atomic E-state index is -1.06. The number of fused-ring (bicyclic) bond motifs is 1. The van der Waals surface area contributed by atoms with Crippen molar-refractivity contribution in [3.8, 4) is 0 Å². The third kappa shape index (κ3) is 5.17. The number of aromatic nitrogens is 1. The molecule has 0 saturated carbocycles. The number of nitrogens with one attached hydrogen (secondary N) is 3. The van der Waals surface area contributed by atoms with Gasteiger partial charge in [0.05, 0.1) is 24.0 Å². The van der Waals surface area contributed by atoms with Crippen LogP contribution < -0.4 is 16.1 Å². The van der Waals surface area contributed by atoms with Gasteiger partial charge in [-0.25, -0.2) is 4.79 Å². The summed E-state index contributed by atoms with van der Waals surface area (Å²) in [6.07, 6.45) is 2.88. The molecule has 0 radical (unpaired) electrons. The number of rotatable bonds is 6. The Morgan fingerprint density at radius 3 is 2.59 bits per heavy atom. The van der Waals surface area contributed by atoms with Crippen molar-refractivity contribution < 1.29 is 19.5 Å². The van der Waals surface area contributed by atoms with Crippen LogP contribution in [0.15, 0.2) is 42.6 Å². The number of benzene rings is 1. The summed E-state index contributed by atoms with van der Waals surface area (Å²) < 4.78 is 1.57. The Hall–Kier alpha value is -3.53. The highest BCUT2D eigenvalue weighted by Crippen LogP contribution is 2.27. The second-order valence-electron chi connectivity index (χ2n) is 9.13. The van der Waals surface area contributed by atoms with Gasteiger partial charge in [0.15, 0.2) is 0 Å². The summed E-state index contributed by atoms with van der Waals surface area (Å²) in [7, 11) is 1.51. The summed E-state index contributed by atoms with van der Waals surface area (Å²) in [5.74, 6) is -0.0130. The van der Waals surface area contributed by atoms with Gasteiger partial charge < -0.3 is 31.0 Å². The van der Waals surface area contributed by atoms with Gasteiger partial charge in [-0.1, -0.05) is 37.3 Å². The lowest BCUT2D eigenvalue weighted by Gasteiger charge is -2.42. The number of anilines is 1. The van der Waals surface area contributed by atoms with E-state index in [1.807, 2.05) is 42.2 Å². The van der Waals surface area contributed by atoms with E-state index in [-0.39, 0.29) is 37.0 Å². The number of urea groups is 1. The van der Waals surface area contributed by atoms with E-state index in [0.717, 1.165) is 5.56 Å². The van der Waals surface area contributed by atoms with Crippen LogP contribution in [0.3, 0.4) is 0 Å². The van der Waals surface area contributed by atoms with Crippen molar-refractivity contribution in [3.05, 3.63) is 53.9 Å². The second-order valence-corrected chi connectivity index (χ2v) is 9.13. The Morgan fingerprint density at radius 2 is 1.91 bits per heavy atom. The highest BCUT2D eigenvalue weighted by molar-refractivity contribution is 5.97. The Balaban J connectivity index is 1.31. The predicted molar refractivity (Wildman–Crippen MR) is 128 cm³/mol. The second kappa shape index (κ2) is 9.76. The van der Waals surface area contributed by atoms with Crippen LogP contribution in [0.2, 0.25) is 0 Å². The van der Waals surface area contributed by atoms with Crippen molar-refractivity contribution in [2.75, 3.05) is 44.1 Å². The number of β-amino-alcohol motifs (C(OH)–C–C–N with tert-alkyl or cyclic N) is 1. The maximum absolute atomic E-state index is 13.0. The van der Waals surface area contributed by atoms with E-state index in [1.165, 1.54) is 7.05 Å². The SMILES string of the molecule is CNC(=O)Nc1cc2n(c1)NCN(CC1(O)CCN(C(=O)C[C@@H](C)c3ccccc3)CC1)C2=O. The first-order valence-electron chi connectivity index (χ1n) is 11.6. The molecule has 1 aromatic heterocycles. The van der Waals surface area contributed by atoms with Gasteiger partial charge in [0.25, 0.3) is 5.91 Å². The molecule has 2 aliphatic rings. The molecule has 2 aliphatic heterocycles. The first kappa shape index (κ1) is 23.6. The summed E-state index contributed by atoms with van der Waals surface area (Å²) in [5.41, 5.74) is 4.05. The molecule has 1 aromatic carbocycles. The smallest absolute Gasteiger partial charge is 0.319 e. The van der Waals surface area contributed by atoms with Crippen molar-refractivity contribution in [1.29, 1.82) is 0 Å². The lowest BCUT2D eigenvalue weighted by Crippen LogP contribution is -2.56. The molecule has 4 amide bonds. The Morgan fingerprint density at radius 1 is 1.21 bits per heavy atom. The van der Waals surface area contributed by atoms with Gasteiger partial charge >= 0.3 is 6.03 Å². The van der Waals surface area contributed by atoms with E-state index < -0.39 is 5.60 Å². The van der Waals surface area contributed by atoms with E-state index in [9.17, 15) is 19.5 Å². The molecule has 4 rings (SSSR count). The minimum Gasteiger partial charge on any atom is -0.388 e. The molecule has 10 nitrogen and oxygen atoms in total. The number of piperidine rings is 1. The molecule has 1 saturated heterocycles. The maximum atomic E-state index is 13.0. The van der Waals surface area contributed by atoms with E-state index in [4.69, 9.17) is 0 Å². The number of carbonyl (C=O) groups excluding carboxylic acids is 3. The molecule has 0 aliphatic carbocycles. The van der Waals surface area contributed by atoms with Crippen molar-refractivity contribution in [1.82, 2.24) is 19.8 Å². The molecule has 182 valence electrons. The van der Waals surface area contributed by atoms with Gasteiger partial charge in [-0.3, -0.25) is 14.3 Å². The summed E-state index contributed by atoms with van der Waals surface area (Å²) >= 11 is 0.